The summed E-state index contributed by atoms with van der Waals surface area (Å²) in [4.78, 5) is 17.0. The molecule has 3 rings (SSSR count). The number of anilines is 2. The number of carbonyl (C=O) groups is 1. The Morgan fingerprint density at radius 2 is 2.19 bits per heavy atom. The molecule has 0 saturated heterocycles. The number of ether oxygens (including phenoxy) is 2. The highest BCUT2D eigenvalue weighted by molar-refractivity contribution is 7.16. The summed E-state index contributed by atoms with van der Waals surface area (Å²) < 4.78 is 10.6. The molecule has 7 heteroatoms. The third kappa shape index (κ3) is 2.40. The van der Waals surface area contributed by atoms with Gasteiger partial charge in [-0.05, 0) is 6.07 Å². The van der Waals surface area contributed by atoms with E-state index in [-0.39, 0.29) is 11.8 Å². The first-order valence-corrected chi connectivity index (χ1v) is 7.22. The average Bonchev–Trinajstić information content (AvgIpc) is 2.85. The SMILES string of the molecule is COc1ccc([C@H]2CC(=O)Nc3nc(N)sc32)c(OC)c1. The summed E-state index contributed by atoms with van der Waals surface area (Å²) in [5.74, 6) is 1.77. The molecule has 0 aliphatic carbocycles. The number of rotatable bonds is 3. The van der Waals surface area contributed by atoms with Crippen LogP contribution in [0.4, 0.5) is 10.9 Å². The van der Waals surface area contributed by atoms with E-state index >= 15 is 0 Å². The van der Waals surface area contributed by atoms with Crippen LogP contribution >= 0.6 is 11.3 Å². The van der Waals surface area contributed by atoms with Crippen LogP contribution in [0.2, 0.25) is 0 Å². The van der Waals surface area contributed by atoms with E-state index in [1.807, 2.05) is 18.2 Å². The summed E-state index contributed by atoms with van der Waals surface area (Å²) in [5.41, 5.74) is 6.69. The molecule has 1 aliphatic heterocycles. The van der Waals surface area contributed by atoms with Crippen molar-refractivity contribution in [2.24, 2.45) is 0 Å². The summed E-state index contributed by atoms with van der Waals surface area (Å²) in [6.45, 7) is 0. The number of benzene rings is 1. The minimum Gasteiger partial charge on any atom is -0.497 e. The number of nitrogens with two attached hydrogens (primary N) is 1. The molecule has 6 nitrogen and oxygen atoms in total. The maximum absolute atomic E-state index is 11.9. The normalized spacial score (nSPS) is 17.0. The van der Waals surface area contributed by atoms with Crippen molar-refractivity contribution in [3.63, 3.8) is 0 Å². The van der Waals surface area contributed by atoms with E-state index in [0.29, 0.717) is 28.9 Å². The zero-order valence-electron chi connectivity index (χ0n) is 11.7. The number of nitrogens with zero attached hydrogens (tertiary/aromatic N) is 1. The summed E-state index contributed by atoms with van der Waals surface area (Å²) in [6, 6.07) is 5.58. The highest BCUT2D eigenvalue weighted by atomic mass is 32.1. The molecule has 0 spiro atoms. The first kappa shape index (κ1) is 13.7. The molecular weight excluding hydrogens is 290 g/mol. The van der Waals surface area contributed by atoms with Gasteiger partial charge in [0.05, 0.1) is 19.1 Å². The number of nitrogen functional groups attached to an aromatic ring is 1. The Morgan fingerprint density at radius 1 is 1.38 bits per heavy atom. The second-order valence-corrected chi connectivity index (χ2v) is 5.74. The molecule has 3 N–H and O–H groups in total. The lowest BCUT2D eigenvalue weighted by molar-refractivity contribution is -0.116. The molecule has 1 amide bonds. The number of nitrogens with one attached hydrogen (secondary N) is 1. The van der Waals surface area contributed by atoms with Gasteiger partial charge in [-0.1, -0.05) is 17.4 Å². The van der Waals surface area contributed by atoms with E-state index in [4.69, 9.17) is 15.2 Å². The maximum Gasteiger partial charge on any atom is 0.226 e. The van der Waals surface area contributed by atoms with Gasteiger partial charge in [-0.3, -0.25) is 4.79 Å². The van der Waals surface area contributed by atoms with Crippen LogP contribution in [0.15, 0.2) is 18.2 Å². The van der Waals surface area contributed by atoms with Gasteiger partial charge in [0.2, 0.25) is 5.91 Å². The molecule has 0 saturated carbocycles. The van der Waals surface area contributed by atoms with Crippen molar-refractivity contribution in [2.75, 3.05) is 25.3 Å². The van der Waals surface area contributed by atoms with Crippen LogP contribution < -0.4 is 20.5 Å². The van der Waals surface area contributed by atoms with Gasteiger partial charge in [-0.15, -0.1) is 0 Å². The molecule has 1 aliphatic rings. The number of carbonyl (C=O) groups excluding carboxylic acids is 1. The smallest absolute Gasteiger partial charge is 0.226 e. The van der Waals surface area contributed by atoms with Gasteiger partial charge in [0.25, 0.3) is 0 Å². The average molecular weight is 305 g/mol. The third-order valence-corrected chi connectivity index (χ3v) is 4.45. The summed E-state index contributed by atoms with van der Waals surface area (Å²) in [6.07, 6.45) is 0.345. The number of aromatic nitrogens is 1. The van der Waals surface area contributed by atoms with Crippen molar-refractivity contribution in [3.05, 3.63) is 28.6 Å². The fraction of sp³-hybridized carbons (Fsp3) is 0.286. The van der Waals surface area contributed by atoms with Crippen LogP contribution in [0.25, 0.3) is 0 Å². The number of fused-ring (bicyclic) bond motifs is 1. The van der Waals surface area contributed by atoms with Crippen molar-refractivity contribution in [3.8, 4) is 11.5 Å². The fourth-order valence-electron chi connectivity index (χ4n) is 2.49. The molecule has 1 aromatic heterocycles. The predicted octanol–water partition coefficient (Wildman–Crippen LogP) is 2.22. The molecule has 110 valence electrons. The van der Waals surface area contributed by atoms with Crippen LogP contribution in [-0.4, -0.2) is 25.1 Å². The van der Waals surface area contributed by atoms with E-state index in [1.54, 1.807) is 14.2 Å². The highest BCUT2D eigenvalue weighted by Gasteiger charge is 2.31. The van der Waals surface area contributed by atoms with E-state index in [2.05, 4.69) is 10.3 Å². The molecule has 21 heavy (non-hydrogen) atoms. The van der Waals surface area contributed by atoms with Crippen molar-refractivity contribution in [1.82, 2.24) is 4.98 Å². The Hall–Kier alpha value is -2.28. The number of hydrogen-bond donors (Lipinski definition) is 2. The van der Waals surface area contributed by atoms with Crippen LogP contribution in [0.5, 0.6) is 11.5 Å². The molecule has 2 heterocycles. The lowest BCUT2D eigenvalue weighted by atomic mass is 9.90. The zero-order chi connectivity index (χ0) is 15.0. The van der Waals surface area contributed by atoms with Crippen molar-refractivity contribution < 1.29 is 14.3 Å². The van der Waals surface area contributed by atoms with Crippen LogP contribution in [0.3, 0.4) is 0 Å². The highest BCUT2D eigenvalue weighted by Crippen LogP contribution is 2.44. The Bertz CT molecular complexity index is 699. The lowest BCUT2D eigenvalue weighted by Gasteiger charge is -2.23. The number of hydrogen-bond acceptors (Lipinski definition) is 6. The molecule has 1 atom stereocenters. The number of methoxy groups -OCH3 is 2. The van der Waals surface area contributed by atoms with E-state index in [9.17, 15) is 4.79 Å². The fourth-order valence-corrected chi connectivity index (χ4v) is 3.40. The molecule has 1 aromatic carbocycles. The van der Waals surface area contributed by atoms with Gasteiger partial charge < -0.3 is 20.5 Å². The van der Waals surface area contributed by atoms with Crippen LogP contribution in [-0.2, 0) is 4.79 Å². The van der Waals surface area contributed by atoms with Crippen molar-refractivity contribution in [1.29, 1.82) is 0 Å². The van der Waals surface area contributed by atoms with Gasteiger partial charge in [0.15, 0.2) is 5.13 Å². The molecule has 0 radical (unpaired) electrons. The zero-order valence-corrected chi connectivity index (χ0v) is 12.5. The number of amides is 1. The van der Waals surface area contributed by atoms with Gasteiger partial charge in [0, 0.05) is 24.0 Å². The Kier molecular flexibility index (Phi) is 3.42. The van der Waals surface area contributed by atoms with E-state index in [1.165, 1.54) is 11.3 Å². The van der Waals surface area contributed by atoms with Gasteiger partial charge >= 0.3 is 0 Å². The molecular formula is C14H15N3O3S. The Morgan fingerprint density at radius 3 is 2.90 bits per heavy atom. The molecule has 0 unspecified atom stereocenters. The van der Waals surface area contributed by atoms with Gasteiger partial charge in [-0.25, -0.2) is 4.98 Å². The maximum atomic E-state index is 11.9. The quantitative estimate of drug-likeness (QED) is 0.908. The summed E-state index contributed by atoms with van der Waals surface area (Å²) in [7, 11) is 3.20. The first-order chi connectivity index (χ1) is 10.1. The van der Waals surface area contributed by atoms with Crippen LogP contribution in [0.1, 0.15) is 22.8 Å². The second kappa shape index (κ2) is 5.25. The second-order valence-electron chi connectivity index (χ2n) is 4.68. The summed E-state index contributed by atoms with van der Waals surface area (Å²) >= 11 is 1.39. The van der Waals surface area contributed by atoms with E-state index in [0.717, 1.165) is 10.4 Å². The van der Waals surface area contributed by atoms with Crippen molar-refractivity contribution >= 4 is 28.2 Å². The minimum absolute atomic E-state index is 0.0735. The van der Waals surface area contributed by atoms with E-state index < -0.39 is 0 Å². The minimum atomic E-state index is -0.107. The molecule has 0 fully saturated rings. The Balaban J connectivity index is 2.10. The van der Waals surface area contributed by atoms with Gasteiger partial charge in [-0.2, -0.15) is 0 Å². The third-order valence-electron chi connectivity index (χ3n) is 3.45. The molecule has 2 aromatic rings. The lowest BCUT2D eigenvalue weighted by Crippen LogP contribution is -2.22. The van der Waals surface area contributed by atoms with Crippen molar-refractivity contribution in [2.45, 2.75) is 12.3 Å². The largest absolute Gasteiger partial charge is 0.497 e. The van der Waals surface area contributed by atoms with Crippen LogP contribution in [0, 0.1) is 0 Å². The Labute approximate surface area is 125 Å². The molecule has 0 bridgehead atoms. The van der Waals surface area contributed by atoms with Gasteiger partial charge in [0.1, 0.15) is 17.3 Å². The number of thiazole rings is 1. The standard InChI is InChI=1S/C14H15N3O3S/c1-19-7-3-4-8(10(5-7)20-2)9-6-11(18)16-13-12(9)21-14(15)17-13/h3-5,9H,6H2,1-2H3,(H2,15,17)(H,16,18)/t9-/m1/s1. The first-order valence-electron chi connectivity index (χ1n) is 6.40. The predicted molar refractivity (Wildman–Crippen MR) is 81.2 cm³/mol. The topological polar surface area (TPSA) is 86.5 Å². The monoisotopic (exact) mass is 305 g/mol. The summed E-state index contributed by atoms with van der Waals surface area (Å²) in [5, 5.41) is 3.20.